The van der Waals surface area contributed by atoms with Crippen LogP contribution in [0.25, 0.3) is 0 Å². The van der Waals surface area contributed by atoms with Gasteiger partial charge < -0.3 is 10.4 Å². The first-order valence-corrected chi connectivity index (χ1v) is 7.50. The van der Waals surface area contributed by atoms with E-state index in [1.807, 2.05) is 0 Å². The summed E-state index contributed by atoms with van der Waals surface area (Å²) in [6.07, 6.45) is 3.94. The fourth-order valence-electron chi connectivity index (χ4n) is 2.92. The second kappa shape index (κ2) is 6.36. The van der Waals surface area contributed by atoms with Gasteiger partial charge in [0.1, 0.15) is 17.4 Å². The number of fused-ring (bicyclic) bond motifs is 1. The number of halogens is 2. The van der Waals surface area contributed by atoms with Crippen LogP contribution in [0, 0.1) is 17.6 Å². The second-order valence-electron chi connectivity index (χ2n) is 5.74. The Bertz CT molecular complexity index is 707. The lowest BCUT2D eigenvalue weighted by Gasteiger charge is -2.20. The topological polar surface area (TPSA) is 78.0 Å². The minimum atomic E-state index is -0.809. The number of phenols is 1. The van der Waals surface area contributed by atoms with E-state index < -0.39 is 17.4 Å². The van der Waals surface area contributed by atoms with Crippen molar-refractivity contribution in [3.63, 3.8) is 0 Å². The molecule has 0 fully saturated rings. The standard InChI is InChI=1S/C16H17F2N3O2/c17-13-6-11(22)7-14(18)12(13)3-4-19-16(23)9-1-2-10-8-20-21-15(10)5-9/h6-9,22H,1-5H2,(H,19,23)(H,20,21). The number of aromatic nitrogens is 2. The number of aromatic amines is 1. The van der Waals surface area contributed by atoms with E-state index in [1.165, 1.54) is 0 Å². The van der Waals surface area contributed by atoms with Gasteiger partial charge in [-0.25, -0.2) is 8.78 Å². The third-order valence-electron chi connectivity index (χ3n) is 4.19. The van der Waals surface area contributed by atoms with Gasteiger partial charge in [-0.05, 0) is 24.8 Å². The van der Waals surface area contributed by atoms with Crippen LogP contribution in [0.2, 0.25) is 0 Å². The largest absolute Gasteiger partial charge is 0.508 e. The molecule has 1 aromatic carbocycles. The van der Waals surface area contributed by atoms with Gasteiger partial charge >= 0.3 is 0 Å². The van der Waals surface area contributed by atoms with E-state index in [2.05, 4.69) is 15.5 Å². The monoisotopic (exact) mass is 321 g/mol. The Kier molecular flexibility index (Phi) is 4.27. The highest BCUT2D eigenvalue weighted by atomic mass is 19.1. The van der Waals surface area contributed by atoms with Gasteiger partial charge in [0, 0.05) is 42.3 Å². The van der Waals surface area contributed by atoms with Gasteiger partial charge in [0.2, 0.25) is 5.91 Å². The minimum Gasteiger partial charge on any atom is -0.508 e. The summed E-state index contributed by atoms with van der Waals surface area (Å²) in [4.78, 5) is 12.2. The van der Waals surface area contributed by atoms with Gasteiger partial charge in [-0.2, -0.15) is 5.10 Å². The summed E-state index contributed by atoms with van der Waals surface area (Å²) in [5, 5.41) is 18.7. The van der Waals surface area contributed by atoms with Crippen LogP contribution >= 0.6 is 0 Å². The summed E-state index contributed by atoms with van der Waals surface area (Å²) in [7, 11) is 0. The maximum atomic E-state index is 13.6. The lowest BCUT2D eigenvalue weighted by atomic mass is 9.87. The maximum Gasteiger partial charge on any atom is 0.223 e. The summed E-state index contributed by atoms with van der Waals surface area (Å²) in [6.45, 7) is 0.143. The summed E-state index contributed by atoms with van der Waals surface area (Å²) in [5.41, 5.74) is 1.98. The van der Waals surface area contributed by atoms with Crippen molar-refractivity contribution in [3.05, 3.63) is 46.8 Å². The van der Waals surface area contributed by atoms with Crippen molar-refractivity contribution in [1.29, 1.82) is 0 Å². The molecule has 7 heteroatoms. The number of phenolic OH excluding ortho intramolecular Hbond substituents is 1. The molecule has 3 rings (SSSR count). The molecule has 1 heterocycles. The lowest BCUT2D eigenvalue weighted by molar-refractivity contribution is -0.125. The minimum absolute atomic E-state index is 0.0334. The van der Waals surface area contributed by atoms with E-state index >= 15 is 0 Å². The normalized spacial score (nSPS) is 16.9. The number of aromatic hydroxyl groups is 1. The molecular formula is C16H17F2N3O2. The molecule has 1 atom stereocenters. The fraction of sp³-hybridized carbons (Fsp3) is 0.375. The molecule has 0 bridgehead atoms. The molecule has 5 nitrogen and oxygen atoms in total. The molecule has 0 saturated carbocycles. The molecule has 0 radical (unpaired) electrons. The Morgan fingerprint density at radius 2 is 2.13 bits per heavy atom. The van der Waals surface area contributed by atoms with Crippen LogP contribution in [0.5, 0.6) is 5.75 Å². The van der Waals surface area contributed by atoms with Crippen molar-refractivity contribution in [2.45, 2.75) is 25.7 Å². The predicted octanol–water partition coefficient (Wildman–Crippen LogP) is 1.86. The van der Waals surface area contributed by atoms with Crippen LogP contribution in [0.4, 0.5) is 8.78 Å². The SMILES string of the molecule is O=C(NCCc1c(F)cc(O)cc1F)C1CCc2cn[nH]c2C1. The first kappa shape index (κ1) is 15.5. The molecule has 2 aromatic rings. The van der Waals surface area contributed by atoms with Crippen molar-refractivity contribution in [2.75, 3.05) is 6.54 Å². The Balaban J connectivity index is 1.54. The van der Waals surface area contributed by atoms with E-state index in [-0.39, 0.29) is 30.4 Å². The summed E-state index contributed by atoms with van der Waals surface area (Å²) < 4.78 is 27.2. The van der Waals surface area contributed by atoms with Gasteiger partial charge in [0.05, 0.1) is 6.20 Å². The predicted molar refractivity (Wildman–Crippen MR) is 78.8 cm³/mol. The summed E-state index contributed by atoms with van der Waals surface area (Å²) in [5.74, 6) is -2.35. The molecule has 1 amide bonds. The molecule has 1 unspecified atom stereocenters. The first-order valence-electron chi connectivity index (χ1n) is 7.50. The Morgan fingerprint density at radius 3 is 2.87 bits per heavy atom. The van der Waals surface area contributed by atoms with Crippen LogP contribution in [0.3, 0.4) is 0 Å². The lowest BCUT2D eigenvalue weighted by Crippen LogP contribution is -2.35. The van der Waals surface area contributed by atoms with Gasteiger partial charge in [-0.15, -0.1) is 0 Å². The van der Waals surface area contributed by atoms with E-state index in [1.54, 1.807) is 6.20 Å². The molecule has 0 saturated heterocycles. The summed E-state index contributed by atoms with van der Waals surface area (Å²) in [6, 6.07) is 1.72. The zero-order valence-corrected chi connectivity index (χ0v) is 12.4. The molecule has 1 aliphatic rings. The zero-order valence-electron chi connectivity index (χ0n) is 12.4. The first-order chi connectivity index (χ1) is 11.0. The highest BCUT2D eigenvalue weighted by Crippen LogP contribution is 2.24. The number of aryl methyl sites for hydroxylation is 1. The number of hydrogen-bond donors (Lipinski definition) is 3. The molecule has 3 N–H and O–H groups in total. The number of hydrogen-bond acceptors (Lipinski definition) is 3. The van der Waals surface area contributed by atoms with E-state index in [9.17, 15) is 13.6 Å². The fourth-order valence-corrected chi connectivity index (χ4v) is 2.92. The van der Waals surface area contributed by atoms with Crippen LogP contribution in [0.15, 0.2) is 18.3 Å². The van der Waals surface area contributed by atoms with Crippen molar-refractivity contribution in [1.82, 2.24) is 15.5 Å². The molecule has 0 spiro atoms. The number of carbonyl (C=O) groups excluding carboxylic acids is 1. The number of H-pyrrole nitrogens is 1. The Hall–Kier alpha value is -2.44. The molecular weight excluding hydrogens is 304 g/mol. The zero-order chi connectivity index (χ0) is 16.4. The third-order valence-corrected chi connectivity index (χ3v) is 4.19. The average molecular weight is 321 g/mol. The van der Waals surface area contributed by atoms with Crippen LogP contribution in [0.1, 0.15) is 23.2 Å². The second-order valence-corrected chi connectivity index (χ2v) is 5.74. The average Bonchev–Trinajstić information content (AvgIpc) is 2.97. The molecule has 0 aliphatic heterocycles. The van der Waals surface area contributed by atoms with Crippen LogP contribution < -0.4 is 5.32 Å². The highest BCUT2D eigenvalue weighted by molar-refractivity contribution is 5.79. The highest BCUT2D eigenvalue weighted by Gasteiger charge is 2.25. The summed E-state index contributed by atoms with van der Waals surface area (Å²) >= 11 is 0. The Labute approximate surface area is 131 Å². The quantitative estimate of drug-likeness (QED) is 0.804. The molecule has 122 valence electrons. The van der Waals surface area contributed by atoms with Gasteiger partial charge in [-0.3, -0.25) is 9.89 Å². The van der Waals surface area contributed by atoms with Gasteiger partial charge in [0.25, 0.3) is 0 Å². The maximum absolute atomic E-state index is 13.6. The van der Waals surface area contributed by atoms with Crippen LogP contribution in [-0.4, -0.2) is 27.8 Å². The Morgan fingerprint density at radius 1 is 1.39 bits per heavy atom. The molecule has 23 heavy (non-hydrogen) atoms. The number of benzene rings is 1. The van der Waals surface area contributed by atoms with E-state index in [4.69, 9.17) is 5.11 Å². The van der Waals surface area contributed by atoms with Crippen LogP contribution in [-0.2, 0) is 24.1 Å². The van der Waals surface area contributed by atoms with Gasteiger partial charge in [0.15, 0.2) is 0 Å². The van der Waals surface area contributed by atoms with E-state index in [0.717, 1.165) is 36.2 Å². The molecule has 1 aromatic heterocycles. The third kappa shape index (κ3) is 3.33. The number of nitrogens with one attached hydrogen (secondary N) is 2. The van der Waals surface area contributed by atoms with Crippen molar-refractivity contribution >= 4 is 5.91 Å². The van der Waals surface area contributed by atoms with Crippen molar-refractivity contribution in [2.24, 2.45) is 5.92 Å². The van der Waals surface area contributed by atoms with Gasteiger partial charge in [-0.1, -0.05) is 0 Å². The van der Waals surface area contributed by atoms with Crippen molar-refractivity contribution < 1.29 is 18.7 Å². The number of carbonyl (C=O) groups is 1. The van der Waals surface area contributed by atoms with Crippen molar-refractivity contribution in [3.8, 4) is 5.75 Å². The van der Waals surface area contributed by atoms with E-state index in [0.29, 0.717) is 6.42 Å². The number of nitrogens with zero attached hydrogens (tertiary/aromatic N) is 1. The molecule has 1 aliphatic carbocycles. The number of rotatable bonds is 4. The number of amides is 1. The smallest absolute Gasteiger partial charge is 0.223 e.